The number of rotatable bonds is 8. The van der Waals surface area contributed by atoms with Crippen LogP contribution in [0.2, 0.25) is 0 Å². The quantitative estimate of drug-likeness (QED) is 0.193. The fourth-order valence-corrected chi connectivity index (χ4v) is 5.22. The van der Waals surface area contributed by atoms with Crippen molar-refractivity contribution < 1.29 is 61.4 Å². The third-order valence-corrected chi connectivity index (χ3v) is 7.08. The van der Waals surface area contributed by atoms with E-state index in [1.807, 2.05) is 0 Å². The van der Waals surface area contributed by atoms with Crippen LogP contribution in [-0.2, 0) is 31.6 Å². The number of aliphatic hydroxyl groups excluding tert-OH is 2. The maximum atomic E-state index is 11.8. The molecule has 6 atom stereocenters. The molecular formula is C9H16N3O14P3. The van der Waals surface area contributed by atoms with Crippen molar-refractivity contribution in [1.29, 1.82) is 0 Å². The van der Waals surface area contributed by atoms with Crippen LogP contribution in [0.3, 0.4) is 0 Å². The molecule has 1 aromatic heterocycles. The van der Waals surface area contributed by atoms with Crippen molar-refractivity contribution in [3.8, 4) is 0 Å². The Morgan fingerprint density at radius 1 is 1.10 bits per heavy atom. The van der Waals surface area contributed by atoms with Crippen LogP contribution in [0.15, 0.2) is 17.1 Å². The van der Waals surface area contributed by atoms with E-state index in [-0.39, 0.29) is 5.82 Å². The number of aliphatic hydroxyl groups is 2. The zero-order valence-electron chi connectivity index (χ0n) is 13.9. The summed E-state index contributed by atoms with van der Waals surface area (Å²) in [4.78, 5) is 50.5. The summed E-state index contributed by atoms with van der Waals surface area (Å²) in [5.74, 6) is -0.122. The zero-order chi connectivity index (χ0) is 22.2. The van der Waals surface area contributed by atoms with E-state index >= 15 is 0 Å². The maximum absolute atomic E-state index is 11.8. The Kier molecular flexibility index (Phi) is 7.20. The minimum Gasteiger partial charge on any atom is -0.387 e. The molecule has 0 bridgehead atoms. The highest BCUT2D eigenvalue weighted by molar-refractivity contribution is 7.66. The molecule has 166 valence electrons. The molecule has 1 saturated heterocycles. The van der Waals surface area contributed by atoms with Crippen LogP contribution < -0.4 is 11.4 Å². The first-order valence-corrected chi connectivity index (χ1v) is 11.8. The highest BCUT2D eigenvalue weighted by Crippen LogP contribution is 2.66. The number of anilines is 1. The summed E-state index contributed by atoms with van der Waals surface area (Å²) in [5.41, 5.74) is 4.39. The first-order chi connectivity index (χ1) is 13.1. The highest BCUT2D eigenvalue weighted by atomic mass is 31.3. The first-order valence-electron chi connectivity index (χ1n) is 7.25. The van der Waals surface area contributed by atoms with Gasteiger partial charge in [0.1, 0.15) is 24.1 Å². The van der Waals surface area contributed by atoms with Gasteiger partial charge in [-0.05, 0) is 6.07 Å². The number of hydrogen-bond donors (Lipinski definition) is 7. The molecule has 0 spiro atoms. The molecule has 0 aromatic carbocycles. The molecule has 0 amide bonds. The molecule has 29 heavy (non-hydrogen) atoms. The zero-order valence-corrected chi connectivity index (χ0v) is 16.6. The van der Waals surface area contributed by atoms with E-state index in [9.17, 15) is 33.6 Å². The van der Waals surface area contributed by atoms with Crippen molar-refractivity contribution in [2.75, 3.05) is 12.3 Å². The average Bonchev–Trinajstić information content (AvgIpc) is 2.78. The third-order valence-electron chi connectivity index (χ3n) is 3.28. The molecule has 3 unspecified atom stereocenters. The average molecular weight is 483 g/mol. The van der Waals surface area contributed by atoms with E-state index in [0.717, 1.165) is 10.8 Å². The smallest absolute Gasteiger partial charge is 0.387 e. The molecule has 1 aliphatic rings. The predicted molar refractivity (Wildman–Crippen MR) is 88.6 cm³/mol. The van der Waals surface area contributed by atoms with Crippen molar-refractivity contribution in [2.24, 2.45) is 0 Å². The number of nitrogens with two attached hydrogens (primary N) is 1. The van der Waals surface area contributed by atoms with Crippen LogP contribution in [0.5, 0.6) is 0 Å². The fraction of sp³-hybridized carbons (Fsp3) is 0.556. The summed E-state index contributed by atoms with van der Waals surface area (Å²) in [5, 5.41) is 20.0. The summed E-state index contributed by atoms with van der Waals surface area (Å²) >= 11 is 0. The van der Waals surface area contributed by atoms with E-state index in [4.69, 9.17) is 25.2 Å². The molecule has 1 fully saturated rings. The molecule has 17 nitrogen and oxygen atoms in total. The Morgan fingerprint density at radius 2 is 1.72 bits per heavy atom. The second-order valence-electron chi connectivity index (χ2n) is 5.48. The maximum Gasteiger partial charge on any atom is 0.490 e. The highest BCUT2D eigenvalue weighted by Gasteiger charge is 2.46. The van der Waals surface area contributed by atoms with Gasteiger partial charge in [-0.2, -0.15) is 13.6 Å². The molecule has 2 rings (SSSR count). The van der Waals surface area contributed by atoms with E-state index in [0.29, 0.717) is 0 Å². The van der Waals surface area contributed by atoms with Gasteiger partial charge in [0.25, 0.3) is 0 Å². The normalized spacial score (nSPS) is 29.3. The number of ether oxygens (including phenoxy) is 1. The molecule has 20 heteroatoms. The van der Waals surface area contributed by atoms with Crippen LogP contribution in [0.4, 0.5) is 5.82 Å². The summed E-state index contributed by atoms with van der Waals surface area (Å²) in [6.45, 7) is -1.02. The van der Waals surface area contributed by atoms with Crippen LogP contribution in [0.25, 0.3) is 0 Å². The van der Waals surface area contributed by atoms with E-state index in [1.165, 1.54) is 6.07 Å². The topological polar surface area (TPSA) is 270 Å². The van der Waals surface area contributed by atoms with Gasteiger partial charge in [-0.25, -0.2) is 18.5 Å². The summed E-state index contributed by atoms with van der Waals surface area (Å²) in [6, 6.07) is 1.20. The molecule has 8 N–H and O–H groups in total. The van der Waals surface area contributed by atoms with Gasteiger partial charge < -0.3 is 40.3 Å². The van der Waals surface area contributed by atoms with Crippen LogP contribution in [-0.4, -0.2) is 64.3 Å². The molecule has 1 aliphatic heterocycles. The Hall–Kier alpha value is -1.03. The molecule has 1 aromatic rings. The Morgan fingerprint density at radius 3 is 2.28 bits per heavy atom. The summed E-state index contributed by atoms with van der Waals surface area (Å²) < 4.78 is 50.8. The van der Waals surface area contributed by atoms with Crippen molar-refractivity contribution in [3.63, 3.8) is 0 Å². The van der Waals surface area contributed by atoms with Crippen molar-refractivity contribution >= 4 is 29.3 Å². The monoisotopic (exact) mass is 483 g/mol. The number of nitrogen functional groups attached to an aromatic ring is 1. The number of phosphoric ester groups is 1. The summed E-state index contributed by atoms with van der Waals surface area (Å²) in [7, 11) is -16.7. The number of aromatic nitrogens is 2. The second-order valence-corrected chi connectivity index (χ2v) is 9.90. The van der Waals surface area contributed by atoms with Crippen molar-refractivity contribution in [1.82, 2.24) is 9.55 Å². The van der Waals surface area contributed by atoms with E-state index < -0.39 is 60.3 Å². The van der Waals surface area contributed by atoms with Crippen molar-refractivity contribution in [2.45, 2.75) is 24.5 Å². The molecule has 2 heterocycles. The Bertz CT molecular complexity index is 946. The largest absolute Gasteiger partial charge is 0.490 e. The fourth-order valence-electron chi connectivity index (χ4n) is 2.19. The number of hydrogen-bond acceptors (Lipinski definition) is 12. The standard InChI is InChI=1S/C9H16N3O14P3/c10-5-1-2-12(9(15)11-5)8-7(14)6(13)4(24-8)3-23-28(19,20)26-29(21,22)25-27(16,17)18/h1-2,4,6-8,13-14H,3H2,(H,19,20)(H,21,22)(H2,10,11,15)(H2,16,17,18)/t4-,6?,7-,8-/m1/s1. The molecule has 0 saturated carbocycles. The molecule has 0 radical (unpaired) electrons. The minimum absolute atomic E-state index is 0.122. The molecular weight excluding hydrogens is 467 g/mol. The van der Waals surface area contributed by atoms with Gasteiger partial charge in [0, 0.05) is 6.20 Å². The Labute approximate surface area is 160 Å². The SMILES string of the molecule is Nc1ccn([C@@H]2O[C@H](COP(=O)(O)OP(=O)(O)OP(=O)(O)O)C(O)[C@H]2O)c(=O)n1. The number of phosphoric acid groups is 3. The lowest BCUT2D eigenvalue weighted by Crippen LogP contribution is -2.36. The van der Waals surface area contributed by atoms with Gasteiger partial charge in [-0.15, -0.1) is 0 Å². The number of nitrogens with zero attached hydrogens (tertiary/aromatic N) is 2. The predicted octanol–water partition coefficient (Wildman–Crippen LogP) is -2.21. The minimum atomic E-state index is -5.71. The molecule has 0 aliphatic carbocycles. The van der Waals surface area contributed by atoms with Crippen LogP contribution in [0, 0.1) is 0 Å². The van der Waals surface area contributed by atoms with E-state index in [1.54, 1.807) is 0 Å². The van der Waals surface area contributed by atoms with Gasteiger partial charge in [0.15, 0.2) is 6.23 Å². The lowest BCUT2D eigenvalue weighted by molar-refractivity contribution is -0.0541. The first kappa shape index (κ1) is 24.2. The van der Waals surface area contributed by atoms with Gasteiger partial charge in [0.05, 0.1) is 6.61 Å². The lowest BCUT2D eigenvalue weighted by Gasteiger charge is -2.19. The van der Waals surface area contributed by atoms with Crippen molar-refractivity contribution in [3.05, 3.63) is 22.7 Å². The van der Waals surface area contributed by atoms with Gasteiger partial charge in [-0.1, -0.05) is 0 Å². The lowest BCUT2D eigenvalue weighted by atomic mass is 10.1. The Balaban J connectivity index is 2.05. The van der Waals surface area contributed by atoms with Gasteiger partial charge >= 0.3 is 29.2 Å². The second kappa shape index (κ2) is 8.61. The van der Waals surface area contributed by atoms with Gasteiger partial charge in [-0.3, -0.25) is 9.09 Å². The van der Waals surface area contributed by atoms with Crippen LogP contribution in [0.1, 0.15) is 6.23 Å². The van der Waals surface area contributed by atoms with Crippen LogP contribution >= 0.6 is 23.5 Å². The van der Waals surface area contributed by atoms with Gasteiger partial charge in [0.2, 0.25) is 0 Å². The summed E-state index contributed by atoms with van der Waals surface area (Å²) in [6.07, 6.45) is -5.38. The third kappa shape index (κ3) is 6.73. The van der Waals surface area contributed by atoms with E-state index in [2.05, 4.69) is 18.1 Å².